The summed E-state index contributed by atoms with van der Waals surface area (Å²) in [6.07, 6.45) is 3.84. The number of hydrogen-bond donors (Lipinski definition) is 1. The van der Waals surface area contributed by atoms with Gasteiger partial charge in [0.1, 0.15) is 0 Å². The highest BCUT2D eigenvalue weighted by molar-refractivity contribution is 6.30. The average molecular weight is 291 g/mol. The van der Waals surface area contributed by atoms with E-state index in [1.54, 1.807) is 13.3 Å². The van der Waals surface area contributed by atoms with E-state index in [0.29, 0.717) is 5.88 Å². The van der Waals surface area contributed by atoms with Crippen molar-refractivity contribution in [2.45, 2.75) is 25.8 Å². The first kappa shape index (κ1) is 14.7. The molecule has 3 nitrogen and oxygen atoms in total. The van der Waals surface area contributed by atoms with Crippen LogP contribution < -0.4 is 10.1 Å². The quantitative estimate of drug-likeness (QED) is 0.837. The number of hydrogen-bond acceptors (Lipinski definition) is 3. The summed E-state index contributed by atoms with van der Waals surface area (Å²) >= 11 is 5.95. The van der Waals surface area contributed by atoms with E-state index >= 15 is 0 Å². The molecule has 0 saturated heterocycles. The van der Waals surface area contributed by atoms with Gasteiger partial charge in [-0.1, -0.05) is 37.1 Å². The van der Waals surface area contributed by atoms with Crippen LogP contribution in [0.4, 0.5) is 5.69 Å². The fourth-order valence-electron chi connectivity index (χ4n) is 2.16. The minimum absolute atomic E-state index is 0.218. The maximum absolute atomic E-state index is 5.95. The Balaban J connectivity index is 2.23. The number of ether oxygens (including phenoxy) is 1. The van der Waals surface area contributed by atoms with Crippen molar-refractivity contribution in [3.05, 3.63) is 53.2 Å². The van der Waals surface area contributed by atoms with Crippen molar-refractivity contribution >= 4 is 17.3 Å². The molecule has 4 heteroatoms. The summed E-state index contributed by atoms with van der Waals surface area (Å²) in [7, 11) is 1.63. The zero-order valence-electron chi connectivity index (χ0n) is 11.8. The van der Waals surface area contributed by atoms with Crippen molar-refractivity contribution in [2.24, 2.45) is 0 Å². The van der Waals surface area contributed by atoms with Gasteiger partial charge in [-0.05, 0) is 36.2 Å². The van der Waals surface area contributed by atoms with Gasteiger partial charge in [-0.25, -0.2) is 4.98 Å². The van der Waals surface area contributed by atoms with Crippen LogP contribution in [-0.2, 0) is 0 Å². The Morgan fingerprint density at radius 2 is 2.00 bits per heavy atom. The number of rotatable bonds is 6. The number of anilines is 1. The van der Waals surface area contributed by atoms with Crippen LogP contribution in [0.3, 0.4) is 0 Å². The molecule has 0 spiro atoms. The summed E-state index contributed by atoms with van der Waals surface area (Å²) in [6.45, 7) is 2.17. The Bertz CT molecular complexity index is 542. The second-order valence-corrected chi connectivity index (χ2v) is 5.03. The molecule has 0 saturated carbocycles. The number of pyridine rings is 1. The molecule has 0 aliphatic heterocycles. The van der Waals surface area contributed by atoms with Gasteiger partial charge in [0.2, 0.25) is 5.88 Å². The van der Waals surface area contributed by atoms with E-state index in [1.807, 2.05) is 24.3 Å². The topological polar surface area (TPSA) is 34.2 Å². The van der Waals surface area contributed by atoms with Crippen molar-refractivity contribution in [3.63, 3.8) is 0 Å². The van der Waals surface area contributed by atoms with Gasteiger partial charge in [0, 0.05) is 11.2 Å². The molecule has 106 valence electrons. The lowest BCUT2D eigenvalue weighted by molar-refractivity contribution is 0.399. The van der Waals surface area contributed by atoms with Crippen LogP contribution in [0.15, 0.2) is 42.6 Å². The number of halogens is 1. The number of benzene rings is 1. The average Bonchev–Trinajstić information content (AvgIpc) is 2.48. The molecule has 0 fully saturated rings. The molecule has 0 radical (unpaired) electrons. The first-order valence-electron chi connectivity index (χ1n) is 6.75. The van der Waals surface area contributed by atoms with Crippen molar-refractivity contribution < 1.29 is 4.74 Å². The van der Waals surface area contributed by atoms with Gasteiger partial charge in [0.15, 0.2) is 0 Å². The van der Waals surface area contributed by atoms with Crippen molar-refractivity contribution in [3.8, 4) is 5.88 Å². The molecule has 0 bridgehead atoms. The standard InChI is InChI=1S/C16H19ClN2O/c1-3-5-14(12-7-9-13(17)10-8-12)19-15-6-4-11-18-16(15)20-2/h4,6-11,14,19H,3,5H2,1-2H3. The Kier molecular flexibility index (Phi) is 5.24. The first-order chi connectivity index (χ1) is 9.74. The summed E-state index contributed by atoms with van der Waals surface area (Å²) in [4.78, 5) is 4.21. The van der Waals surface area contributed by atoms with E-state index in [1.165, 1.54) is 5.56 Å². The van der Waals surface area contributed by atoms with Gasteiger partial charge in [-0.15, -0.1) is 0 Å². The lowest BCUT2D eigenvalue weighted by atomic mass is 10.0. The van der Waals surface area contributed by atoms with E-state index in [2.05, 4.69) is 29.4 Å². The normalized spacial score (nSPS) is 11.9. The van der Waals surface area contributed by atoms with Gasteiger partial charge in [0.25, 0.3) is 0 Å². The van der Waals surface area contributed by atoms with Crippen LogP contribution in [-0.4, -0.2) is 12.1 Å². The molecule has 20 heavy (non-hydrogen) atoms. The van der Waals surface area contributed by atoms with Gasteiger partial charge < -0.3 is 10.1 Å². The minimum atomic E-state index is 0.218. The van der Waals surface area contributed by atoms with Crippen LogP contribution in [0.25, 0.3) is 0 Å². The highest BCUT2D eigenvalue weighted by atomic mass is 35.5. The third-order valence-electron chi connectivity index (χ3n) is 3.14. The highest BCUT2D eigenvalue weighted by Gasteiger charge is 2.13. The summed E-state index contributed by atoms with van der Waals surface area (Å²) in [5, 5.41) is 4.26. The van der Waals surface area contributed by atoms with Gasteiger partial charge in [0.05, 0.1) is 18.8 Å². The van der Waals surface area contributed by atoms with Crippen LogP contribution in [0.2, 0.25) is 5.02 Å². The number of nitrogens with zero attached hydrogens (tertiary/aromatic N) is 1. The molecule has 1 aromatic carbocycles. The molecule has 0 aliphatic carbocycles. The predicted molar refractivity (Wildman–Crippen MR) is 83.5 cm³/mol. The molecule has 1 aromatic heterocycles. The zero-order valence-corrected chi connectivity index (χ0v) is 12.5. The van der Waals surface area contributed by atoms with Crippen molar-refractivity contribution in [1.82, 2.24) is 4.98 Å². The molecule has 0 aliphatic rings. The second-order valence-electron chi connectivity index (χ2n) is 4.60. The lowest BCUT2D eigenvalue weighted by Crippen LogP contribution is -2.11. The van der Waals surface area contributed by atoms with Crippen molar-refractivity contribution in [1.29, 1.82) is 0 Å². The predicted octanol–water partition coefficient (Wildman–Crippen LogP) is 4.70. The molecule has 1 N–H and O–H groups in total. The van der Waals surface area contributed by atoms with Gasteiger partial charge in [-0.2, -0.15) is 0 Å². The lowest BCUT2D eigenvalue weighted by Gasteiger charge is -2.21. The summed E-state index contributed by atoms with van der Waals surface area (Å²) in [6, 6.07) is 12.0. The van der Waals surface area contributed by atoms with Crippen LogP contribution in [0.5, 0.6) is 5.88 Å². The molecule has 2 rings (SSSR count). The molecular weight excluding hydrogens is 272 g/mol. The third kappa shape index (κ3) is 3.64. The Morgan fingerprint density at radius 3 is 2.65 bits per heavy atom. The summed E-state index contributed by atoms with van der Waals surface area (Å²) in [5.74, 6) is 0.613. The van der Waals surface area contributed by atoms with Crippen LogP contribution in [0.1, 0.15) is 31.4 Å². The summed E-state index contributed by atoms with van der Waals surface area (Å²) in [5.41, 5.74) is 2.12. The zero-order chi connectivity index (χ0) is 14.4. The monoisotopic (exact) mass is 290 g/mol. The third-order valence-corrected chi connectivity index (χ3v) is 3.40. The maximum atomic E-state index is 5.95. The number of aromatic nitrogens is 1. The Hall–Kier alpha value is -1.74. The Labute approximate surface area is 124 Å². The van der Waals surface area contributed by atoms with E-state index in [0.717, 1.165) is 23.6 Å². The SMILES string of the molecule is CCCC(Nc1cccnc1OC)c1ccc(Cl)cc1. The first-order valence-corrected chi connectivity index (χ1v) is 7.13. The van der Waals surface area contributed by atoms with Gasteiger partial charge in [-0.3, -0.25) is 0 Å². The molecule has 0 amide bonds. The second kappa shape index (κ2) is 7.15. The smallest absolute Gasteiger partial charge is 0.237 e. The molecule has 1 heterocycles. The van der Waals surface area contributed by atoms with E-state index in [9.17, 15) is 0 Å². The fraction of sp³-hybridized carbons (Fsp3) is 0.312. The largest absolute Gasteiger partial charge is 0.480 e. The van der Waals surface area contributed by atoms with Crippen LogP contribution >= 0.6 is 11.6 Å². The Morgan fingerprint density at radius 1 is 1.25 bits per heavy atom. The fourth-order valence-corrected chi connectivity index (χ4v) is 2.28. The minimum Gasteiger partial charge on any atom is -0.480 e. The molecule has 1 atom stereocenters. The maximum Gasteiger partial charge on any atom is 0.237 e. The van der Waals surface area contributed by atoms with Gasteiger partial charge >= 0.3 is 0 Å². The molecular formula is C16H19ClN2O. The van der Waals surface area contributed by atoms with E-state index in [4.69, 9.17) is 16.3 Å². The van der Waals surface area contributed by atoms with E-state index < -0.39 is 0 Å². The number of nitrogens with one attached hydrogen (secondary N) is 1. The highest BCUT2D eigenvalue weighted by Crippen LogP contribution is 2.29. The van der Waals surface area contributed by atoms with Crippen LogP contribution in [0, 0.1) is 0 Å². The summed E-state index contributed by atoms with van der Waals surface area (Å²) < 4.78 is 5.28. The number of methoxy groups -OCH3 is 1. The molecule has 1 unspecified atom stereocenters. The van der Waals surface area contributed by atoms with Crippen molar-refractivity contribution in [2.75, 3.05) is 12.4 Å². The molecule has 2 aromatic rings. The van der Waals surface area contributed by atoms with E-state index in [-0.39, 0.29) is 6.04 Å².